The van der Waals surface area contributed by atoms with Gasteiger partial charge in [-0.05, 0) is 56.8 Å². The minimum Gasteiger partial charge on any atom is -0.411 e. The van der Waals surface area contributed by atoms with E-state index in [1.807, 2.05) is 0 Å². The highest BCUT2D eigenvalue weighted by molar-refractivity contribution is 6.65. The maximum absolute atomic E-state index is 13.6. The second-order valence-corrected chi connectivity index (χ2v) is 11.7. The van der Waals surface area contributed by atoms with Crippen LogP contribution >= 0.6 is 0 Å². The summed E-state index contributed by atoms with van der Waals surface area (Å²) < 4.78 is 39.6. The number of alkyl halides is 2. The van der Waals surface area contributed by atoms with Crippen molar-refractivity contribution in [2.24, 2.45) is 22.9 Å². The summed E-state index contributed by atoms with van der Waals surface area (Å²) in [5, 5.41) is 27.6. The van der Waals surface area contributed by atoms with E-state index in [0.29, 0.717) is 29.8 Å². The van der Waals surface area contributed by atoms with E-state index in [2.05, 4.69) is 20.6 Å². The topological polar surface area (TPSA) is 167 Å². The van der Waals surface area contributed by atoms with Gasteiger partial charge >= 0.3 is 0 Å². The minimum absolute atomic E-state index is 0. The normalized spacial score (nSPS) is 25.4. The van der Waals surface area contributed by atoms with E-state index in [1.165, 1.54) is 17.6 Å². The van der Waals surface area contributed by atoms with Crippen molar-refractivity contribution >= 4 is 29.0 Å². The summed E-state index contributed by atoms with van der Waals surface area (Å²) >= 11 is 0. The van der Waals surface area contributed by atoms with Gasteiger partial charge in [-0.1, -0.05) is 5.16 Å². The molecule has 3 N–H and O–H groups in total. The summed E-state index contributed by atoms with van der Waals surface area (Å²) in [5.41, 5.74) is 0.472. The lowest BCUT2D eigenvalue weighted by Crippen LogP contribution is -2.50. The summed E-state index contributed by atoms with van der Waals surface area (Å²) in [4.78, 5) is 37.2. The third-order valence-electron chi connectivity index (χ3n) is 8.59. The van der Waals surface area contributed by atoms with Crippen molar-refractivity contribution in [3.05, 3.63) is 23.8 Å². The number of imidazole rings is 1. The van der Waals surface area contributed by atoms with Crippen molar-refractivity contribution in [2.75, 3.05) is 26.4 Å². The van der Waals surface area contributed by atoms with E-state index in [9.17, 15) is 18.4 Å². The first kappa shape index (κ1) is 28.5. The molecule has 2 aliphatic heterocycles. The van der Waals surface area contributed by atoms with Gasteiger partial charge in [-0.3, -0.25) is 15.0 Å². The number of nitrogens with zero attached hydrogens (tertiary/aromatic N) is 6. The molecular weight excluding hydrogens is 554 g/mol. The van der Waals surface area contributed by atoms with E-state index in [4.69, 9.17) is 25.1 Å². The number of ether oxygens (including phenoxy) is 2. The molecule has 4 aliphatic rings. The molecule has 42 heavy (non-hydrogen) atoms. The zero-order valence-electron chi connectivity index (χ0n) is 23.2. The molecule has 0 aromatic carbocycles. The largest absolute Gasteiger partial charge is 0.411 e. The van der Waals surface area contributed by atoms with Crippen LogP contribution in [-0.4, -0.2) is 91.3 Å². The molecule has 13 nitrogen and oxygen atoms in total. The summed E-state index contributed by atoms with van der Waals surface area (Å²) in [5.74, 6) is -2.69. The molecule has 0 spiro atoms. The molecule has 0 bridgehead atoms. The van der Waals surface area contributed by atoms with Crippen LogP contribution in [0.1, 0.15) is 70.3 Å². The van der Waals surface area contributed by atoms with Crippen molar-refractivity contribution in [1.82, 2.24) is 29.8 Å². The van der Waals surface area contributed by atoms with Gasteiger partial charge in [-0.2, -0.15) is 5.10 Å². The van der Waals surface area contributed by atoms with Crippen LogP contribution in [-0.2, 0) is 19.1 Å². The van der Waals surface area contributed by atoms with Crippen molar-refractivity contribution in [1.29, 1.82) is 5.41 Å². The number of rotatable bonds is 9. The van der Waals surface area contributed by atoms with Gasteiger partial charge < -0.3 is 24.9 Å². The van der Waals surface area contributed by atoms with Crippen LogP contribution in [0, 0.1) is 23.2 Å². The molecule has 2 aromatic heterocycles. The first-order chi connectivity index (χ1) is 20.1. The highest BCUT2D eigenvalue weighted by Gasteiger charge is 2.47. The fourth-order valence-corrected chi connectivity index (χ4v) is 6.01. The first-order valence-corrected chi connectivity index (χ1v) is 14.3. The van der Waals surface area contributed by atoms with Crippen LogP contribution < -0.4 is 5.32 Å². The molecule has 228 valence electrons. The average Bonchev–Trinajstić information content (AvgIpc) is 3.94. The number of halogens is 2. The van der Waals surface area contributed by atoms with Crippen LogP contribution in [0.2, 0.25) is 0 Å². The quantitative estimate of drug-likeness (QED) is 0.228. The molecule has 4 fully saturated rings. The highest BCUT2D eigenvalue weighted by atomic mass is 19.3. The number of carbonyl (C=O) groups excluding carboxylic acids is 2. The summed E-state index contributed by atoms with van der Waals surface area (Å²) in [6.07, 6.45) is 6.04. The molecule has 2 aliphatic carbocycles. The monoisotopic (exact) mass is 590 g/mol. The first-order valence-electron chi connectivity index (χ1n) is 14.3. The Morgan fingerprint density at radius 3 is 2.62 bits per heavy atom. The van der Waals surface area contributed by atoms with Crippen molar-refractivity contribution in [3.63, 3.8) is 0 Å². The zero-order chi connectivity index (χ0) is 29.6. The Bertz CT molecular complexity index is 1390. The molecule has 6 rings (SSSR count). The number of morpholine rings is 1. The van der Waals surface area contributed by atoms with Gasteiger partial charge in [0, 0.05) is 14.4 Å². The lowest BCUT2D eigenvalue weighted by molar-refractivity contribution is -0.176. The summed E-state index contributed by atoms with van der Waals surface area (Å²) in [6.45, 7) is 1.32. The van der Waals surface area contributed by atoms with E-state index >= 15 is 0 Å². The van der Waals surface area contributed by atoms with Crippen LogP contribution in [0.3, 0.4) is 0 Å². The third-order valence-corrected chi connectivity index (χ3v) is 8.59. The molecule has 0 radical (unpaired) electrons. The molecule has 0 unspecified atom stereocenters. The van der Waals surface area contributed by atoms with Crippen LogP contribution in [0.5, 0.6) is 0 Å². The average molecular weight is 591 g/mol. The lowest BCUT2D eigenvalue weighted by Gasteiger charge is -2.38. The number of aromatic nitrogens is 4. The molecule has 2 amide bonds. The number of amides is 2. The predicted molar refractivity (Wildman–Crippen MR) is 145 cm³/mol. The molecule has 15 heteroatoms. The summed E-state index contributed by atoms with van der Waals surface area (Å²) in [6, 6.07) is -1.09. The Hall–Kier alpha value is -3.59. The van der Waals surface area contributed by atoms with Gasteiger partial charge in [0.15, 0.2) is 0 Å². The number of oxime groups is 1. The Labute approximate surface area is 241 Å². The standard InChI is InChI=1S/C27H34F2N8O5.H2/c1-14(35-40)22(30)24(38)34-23(21(15-2-3-15)16-4-5-16)18-11-37-26(33-18)32-17(10-31-37)19-12-41-9-8-36(19)25(39)20-6-7-27(28,29)13-42-20;/h10-11,15-16,19-21,23,30,40H,2-9,12-13H2,1H3,(H,34,38);1H/b30-22?,35-14-;/t19-,20-,23+;/m0./s1. The van der Waals surface area contributed by atoms with E-state index < -0.39 is 48.8 Å². The molecule has 2 aromatic rings. The smallest absolute Gasteiger partial charge is 0.271 e. The zero-order valence-corrected chi connectivity index (χ0v) is 23.2. The molecular formula is C27H36F2N8O5. The SMILES string of the molecule is C/C(=N/O)C(=N)C(=O)N[C@H](c1cn2ncc([C@@H]3COCCN3C(=O)[C@@H]3CCC(F)(F)CO3)nc2n1)C(C1CC1)C1CC1.[HH]. The number of nitrogens with one attached hydrogen (secondary N) is 2. The van der Waals surface area contributed by atoms with Crippen molar-refractivity contribution in [3.8, 4) is 0 Å². The lowest BCUT2D eigenvalue weighted by atomic mass is 9.87. The number of hydrogen-bond acceptors (Lipinski definition) is 10. The molecule has 4 heterocycles. The fourth-order valence-electron chi connectivity index (χ4n) is 6.01. The predicted octanol–water partition coefficient (Wildman–Crippen LogP) is 2.55. The van der Waals surface area contributed by atoms with Crippen molar-refractivity contribution < 1.29 is 34.5 Å². The van der Waals surface area contributed by atoms with Gasteiger partial charge in [-0.25, -0.2) is 23.3 Å². The van der Waals surface area contributed by atoms with Gasteiger partial charge in [0.25, 0.3) is 23.5 Å². The second kappa shape index (κ2) is 11.2. The second-order valence-electron chi connectivity index (χ2n) is 11.7. The van der Waals surface area contributed by atoms with Crippen LogP contribution in [0.15, 0.2) is 17.5 Å². The van der Waals surface area contributed by atoms with Crippen molar-refractivity contribution in [2.45, 2.75) is 69.6 Å². The third kappa shape index (κ3) is 5.84. The Morgan fingerprint density at radius 2 is 1.98 bits per heavy atom. The highest BCUT2D eigenvalue weighted by Crippen LogP contribution is 2.54. The Morgan fingerprint density at radius 1 is 1.24 bits per heavy atom. The molecule has 3 atom stereocenters. The van der Waals surface area contributed by atoms with Crippen LogP contribution in [0.4, 0.5) is 8.78 Å². The van der Waals surface area contributed by atoms with Gasteiger partial charge in [-0.15, -0.1) is 0 Å². The summed E-state index contributed by atoms with van der Waals surface area (Å²) in [7, 11) is 0. The molecule has 2 saturated heterocycles. The number of fused-ring (bicyclic) bond motifs is 1. The minimum atomic E-state index is -2.93. The molecule has 2 saturated carbocycles. The van der Waals surface area contributed by atoms with Gasteiger partial charge in [0.05, 0.1) is 49.1 Å². The fraction of sp³-hybridized carbons (Fsp3) is 0.667. The Balaban J connectivity index is 0.00000368. The number of carbonyl (C=O) groups is 2. The number of hydrogen-bond donors (Lipinski definition) is 3. The van der Waals surface area contributed by atoms with E-state index in [-0.39, 0.29) is 44.3 Å². The van der Waals surface area contributed by atoms with E-state index in [0.717, 1.165) is 25.7 Å². The van der Waals surface area contributed by atoms with E-state index in [1.54, 1.807) is 11.1 Å². The Kier molecular flexibility index (Phi) is 7.64. The maximum atomic E-state index is 13.6. The van der Waals surface area contributed by atoms with Crippen LogP contribution in [0.25, 0.3) is 5.78 Å². The van der Waals surface area contributed by atoms with Gasteiger partial charge in [0.1, 0.15) is 24.1 Å². The van der Waals surface area contributed by atoms with Gasteiger partial charge in [0.2, 0.25) is 0 Å². The maximum Gasteiger partial charge on any atom is 0.271 e.